The number of nitrogens with zero attached hydrogens (tertiary/aromatic N) is 2. The van der Waals surface area contributed by atoms with Gasteiger partial charge in [0.1, 0.15) is 52.7 Å². The average molecular weight is 908 g/mol. The summed E-state index contributed by atoms with van der Waals surface area (Å²) in [5.74, 6) is -71.4. The molecule has 0 fully saturated rings. The van der Waals surface area contributed by atoms with E-state index in [1.807, 2.05) is 27.7 Å². The quantitative estimate of drug-likeness (QED) is 0.0414. The largest absolute Gasteiger partial charge is 0.287 e. The second-order valence-electron chi connectivity index (χ2n) is 12.1. The Balaban J connectivity index is 0.000000366. The monoisotopic (exact) mass is 908 g/mol. The molecule has 6 rings (SSSR count). The highest BCUT2D eigenvalue weighted by atomic mass is 32.1. The van der Waals surface area contributed by atoms with E-state index in [1.165, 1.54) is 0 Å². The number of benzene rings is 5. The smallest absolute Gasteiger partial charge is 0.227 e. The molecule has 0 saturated carbocycles. The minimum atomic E-state index is -7.22. The van der Waals surface area contributed by atoms with Gasteiger partial charge in [-0.1, -0.05) is 11.3 Å². The van der Waals surface area contributed by atoms with Crippen LogP contribution in [-0.2, 0) is 6.54 Å². The lowest BCUT2D eigenvalue weighted by Crippen LogP contribution is -2.81. The third-order valence-electron chi connectivity index (χ3n) is 8.90. The summed E-state index contributed by atoms with van der Waals surface area (Å²) in [6, 6.07) is 8.72. The van der Waals surface area contributed by atoms with Gasteiger partial charge in [0.2, 0.25) is 17.8 Å². The van der Waals surface area contributed by atoms with Crippen LogP contribution in [0.5, 0.6) is 0 Å². The number of thiazole rings is 1. The minimum Gasteiger partial charge on any atom is -0.287 e. The fraction of sp³-hybridized carbons (Fsp3) is 0.0278. The Bertz CT molecular complexity index is 2430. The van der Waals surface area contributed by atoms with Gasteiger partial charge in [0.15, 0.2) is 76.0 Å². The molecule has 0 bridgehead atoms. The molecule has 0 amide bonds. The first-order chi connectivity index (χ1) is 28.5. The van der Waals surface area contributed by atoms with Crippen molar-refractivity contribution in [3.8, 4) is 6.07 Å². The van der Waals surface area contributed by atoms with Crippen LogP contribution in [0.2, 0.25) is 0 Å². The fourth-order valence-corrected chi connectivity index (χ4v) is 6.81. The van der Waals surface area contributed by atoms with Gasteiger partial charge in [0, 0.05) is 5.56 Å². The summed E-state index contributed by atoms with van der Waals surface area (Å²) in [7, 11) is 0. The molecular formula is C36H9BF20N2OS. The van der Waals surface area contributed by atoms with Gasteiger partial charge in [-0.2, -0.15) is 9.83 Å². The second kappa shape index (κ2) is 16.9. The van der Waals surface area contributed by atoms with Crippen molar-refractivity contribution in [3.63, 3.8) is 0 Å². The molecule has 61 heavy (non-hydrogen) atoms. The van der Waals surface area contributed by atoms with Crippen LogP contribution >= 0.6 is 11.3 Å². The van der Waals surface area contributed by atoms with Gasteiger partial charge in [-0.3, -0.25) is 4.79 Å². The highest BCUT2D eigenvalue weighted by Crippen LogP contribution is 2.30. The van der Waals surface area contributed by atoms with E-state index in [2.05, 4.69) is 0 Å². The van der Waals surface area contributed by atoms with E-state index >= 15 is 35.1 Å². The SMILES string of the molecule is Fc1c(F)c(F)c([B-](c2c(F)c(F)c(F)c(F)c2F)(c2c(F)c(F)c(F)c(F)c2F)c2c(F)c(F)c(F)c(F)c2F)c(F)c1F.N#Cc1ccc(C(=O)C[n+]2ccsc2)cc1. The zero-order valence-electron chi connectivity index (χ0n) is 28.6. The molecule has 318 valence electrons. The molecule has 1 heterocycles. The maximum absolute atomic E-state index is 15.4. The predicted molar refractivity (Wildman–Crippen MR) is 169 cm³/mol. The maximum Gasteiger partial charge on any atom is 0.227 e. The van der Waals surface area contributed by atoms with Gasteiger partial charge in [-0.15, -0.1) is 21.9 Å². The lowest BCUT2D eigenvalue weighted by Gasteiger charge is -2.44. The Morgan fingerprint density at radius 2 is 0.721 bits per heavy atom. The predicted octanol–water partition coefficient (Wildman–Crippen LogP) is 7.64. The van der Waals surface area contributed by atoms with Gasteiger partial charge in [-0.05, 0) is 24.3 Å². The van der Waals surface area contributed by atoms with E-state index in [1.54, 1.807) is 35.6 Å². The summed E-state index contributed by atoms with van der Waals surface area (Å²) < 4.78 is 296. The Labute approximate surface area is 328 Å². The average Bonchev–Trinajstić information content (AvgIpc) is 3.76. The molecule has 5 aromatic carbocycles. The summed E-state index contributed by atoms with van der Waals surface area (Å²) in [5, 5.41) is 10.6. The van der Waals surface area contributed by atoms with E-state index in [-0.39, 0.29) is 5.78 Å². The lowest BCUT2D eigenvalue weighted by molar-refractivity contribution is -0.678. The van der Waals surface area contributed by atoms with E-state index < -0.39 is 144 Å². The van der Waals surface area contributed by atoms with E-state index in [0.717, 1.165) is 0 Å². The van der Waals surface area contributed by atoms with Crippen molar-refractivity contribution in [2.24, 2.45) is 0 Å². The molecule has 0 atom stereocenters. The van der Waals surface area contributed by atoms with Crippen LogP contribution in [0.25, 0.3) is 0 Å². The Kier molecular flexibility index (Phi) is 12.6. The number of carbonyl (C=O) groups is 1. The van der Waals surface area contributed by atoms with Crippen LogP contribution < -0.4 is 26.4 Å². The number of Topliss-reactive ketones (excluding diaryl/α,β-unsaturated/α-hetero) is 1. The molecule has 0 aliphatic heterocycles. The van der Waals surface area contributed by atoms with Crippen molar-refractivity contribution in [1.29, 1.82) is 5.26 Å². The highest BCUT2D eigenvalue weighted by Gasteiger charge is 2.52. The molecule has 0 saturated heterocycles. The molecule has 0 aliphatic carbocycles. The van der Waals surface area contributed by atoms with Crippen LogP contribution in [-0.4, -0.2) is 11.9 Å². The van der Waals surface area contributed by atoms with Gasteiger partial charge >= 0.3 is 0 Å². The van der Waals surface area contributed by atoms with Crippen molar-refractivity contribution < 1.29 is 97.2 Å². The highest BCUT2D eigenvalue weighted by molar-refractivity contribution is 7.20. The van der Waals surface area contributed by atoms with E-state index in [0.29, 0.717) is 17.7 Å². The number of hydrogen-bond donors (Lipinski definition) is 0. The molecule has 0 aliphatic rings. The molecule has 0 radical (unpaired) electrons. The standard InChI is InChI=1S/C24BF20.C12H9N2OS/c26-5-1(6(27)14(35)21(42)13(5)34)25(2-7(28)15(36)22(43)16(37)8(2)29,3-9(30)17(38)23(44)18(39)10(3)31)4-11(32)19(40)24(45)20(41)12(4)33;13-7-10-1-3-11(4-2-10)12(15)8-14-5-6-16-9-14/h;1-6,9H,8H2/q-1;+1. The third kappa shape index (κ3) is 7.21. The zero-order chi connectivity index (χ0) is 45.7. The summed E-state index contributed by atoms with van der Waals surface area (Å²) >= 11 is 1.55. The van der Waals surface area contributed by atoms with Crippen LogP contribution in [0.1, 0.15) is 15.9 Å². The third-order valence-corrected chi connectivity index (χ3v) is 9.57. The van der Waals surface area contributed by atoms with Crippen molar-refractivity contribution in [1.82, 2.24) is 0 Å². The molecule has 3 nitrogen and oxygen atoms in total. The molecule has 0 N–H and O–H groups in total. The topological polar surface area (TPSA) is 44.7 Å². The molecule has 6 aromatic rings. The summed E-state index contributed by atoms with van der Waals surface area (Å²) in [6.07, 6.45) is -5.35. The normalized spacial score (nSPS) is 11.4. The molecule has 0 spiro atoms. The van der Waals surface area contributed by atoms with E-state index in [4.69, 9.17) is 5.26 Å². The Morgan fingerprint density at radius 1 is 0.459 bits per heavy atom. The first-order valence-corrected chi connectivity index (χ1v) is 16.6. The van der Waals surface area contributed by atoms with Gasteiger partial charge in [-0.25, -0.2) is 87.8 Å². The lowest BCUT2D eigenvalue weighted by atomic mass is 9.12. The van der Waals surface area contributed by atoms with Crippen LogP contribution in [0.3, 0.4) is 0 Å². The Morgan fingerprint density at radius 3 is 0.951 bits per heavy atom. The number of nitriles is 1. The number of carbonyl (C=O) groups excluding carboxylic acids is 1. The summed E-state index contributed by atoms with van der Waals surface area (Å²) in [4.78, 5) is 11.8. The van der Waals surface area contributed by atoms with Gasteiger partial charge in [0.05, 0.1) is 17.0 Å². The summed E-state index contributed by atoms with van der Waals surface area (Å²) in [6.45, 7) is 0.343. The van der Waals surface area contributed by atoms with Crippen LogP contribution in [0.4, 0.5) is 87.8 Å². The number of ketones is 1. The van der Waals surface area contributed by atoms with Crippen molar-refractivity contribution >= 4 is 45.1 Å². The van der Waals surface area contributed by atoms with Crippen molar-refractivity contribution in [2.45, 2.75) is 6.54 Å². The first-order valence-electron chi connectivity index (χ1n) is 15.7. The van der Waals surface area contributed by atoms with Crippen LogP contribution in [0.15, 0.2) is 41.4 Å². The number of rotatable bonds is 7. The van der Waals surface area contributed by atoms with Gasteiger partial charge < -0.3 is 0 Å². The number of halogens is 20. The molecule has 0 unspecified atom stereocenters. The molecule has 1 aromatic heterocycles. The molecule has 25 heteroatoms. The van der Waals surface area contributed by atoms with E-state index in [9.17, 15) is 57.5 Å². The zero-order valence-corrected chi connectivity index (χ0v) is 29.4. The number of hydrogen-bond acceptors (Lipinski definition) is 3. The number of aromatic nitrogens is 1. The van der Waals surface area contributed by atoms with Crippen molar-refractivity contribution in [3.05, 3.63) is 169 Å². The first kappa shape index (κ1) is 45.6. The minimum absolute atomic E-state index is 0.0490. The fourth-order valence-electron chi connectivity index (χ4n) is 6.21. The Hall–Kier alpha value is -6.45. The summed E-state index contributed by atoms with van der Waals surface area (Å²) in [5.41, 5.74) is -11.2. The van der Waals surface area contributed by atoms with Crippen molar-refractivity contribution in [2.75, 3.05) is 0 Å². The maximum atomic E-state index is 15.4. The van der Waals surface area contributed by atoms with Crippen LogP contribution in [0, 0.1) is 128 Å². The molecular weight excluding hydrogens is 899 g/mol. The van der Waals surface area contributed by atoms with Gasteiger partial charge in [0.25, 0.3) is 0 Å². The second-order valence-corrected chi connectivity index (χ2v) is 12.9.